The van der Waals surface area contributed by atoms with E-state index in [9.17, 15) is 9.90 Å². The predicted octanol–water partition coefficient (Wildman–Crippen LogP) is 1.26. The van der Waals surface area contributed by atoms with Crippen molar-refractivity contribution in [2.75, 3.05) is 6.61 Å². The molecule has 2 heterocycles. The first-order valence-corrected chi connectivity index (χ1v) is 8.45. The van der Waals surface area contributed by atoms with Crippen LogP contribution in [-0.2, 0) is 21.5 Å². The minimum atomic E-state index is -0.704. The summed E-state index contributed by atoms with van der Waals surface area (Å²) in [5, 5.41) is 21.4. The third-order valence-electron chi connectivity index (χ3n) is 3.99. The Labute approximate surface area is 143 Å². The monoisotopic (exact) mass is 338 g/mol. The molecule has 1 amide bonds. The Morgan fingerprint density at radius 3 is 2.58 bits per heavy atom. The largest absolute Gasteiger partial charge is 0.388 e. The highest BCUT2D eigenvalue weighted by atomic mass is 16.5. The molecular formula is C17H30N4O3. The Bertz CT molecular complexity index is 571. The van der Waals surface area contributed by atoms with Crippen LogP contribution in [-0.4, -0.2) is 50.9 Å². The van der Waals surface area contributed by atoms with Gasteiger partial charge in [0.2, 0.25) is 5.91 Å². The van der Waals surface area contributed by atoms with E-state index in [1.54, 1.807) is 4.68 Å². The first-order valence-electron chi connectivity index (χ1n) is 8.45. The lowest BCUT2D eigenvalue weighted by Gasteiger charge is -2.24. The van der Waals surface area contributed by atoms with E-state index in [2.05, 4.69) is 36.4 Å². The van der Waals surface area contributed by atoms with E-state index in [4.69, 9.17) is 4.74 Å². The van der Waals surface area contributed by atoms with E-state index in [-0.39, 0.29) is 29.4 Å². The second kappa shape index (κ2) is 6.80. The van der Waals surface area contributed by atoms with Crippen molar-refractivity contribution in [3.05, 3.63) is 11.9 Å². The van der Waals surface area contributed by atoms with Crippen molar-refractivity contribution in [3.8, 4) is 0 Å². The second-order valence-corrected chi connectivity index (χ2v) is 8.85. The lowest BCUT2D eigenvalue weighted by molar-refractivity contribution is -0.124. The molecule has 1 aliphatic heterocycles. The van der Waals surface area contributed by atoms with Gasteiger partial charge in [-0.25, -0.2) is 4.68 Å². The molecule has 0 radical (unpaired) electrons. The number of carbonyl (C=O) groups excluding carboxylic acids is 1. The van der Waals surface area contributed by atoms with E-state index in [1.165, 1.54) is 0 Å². The summed E-state index contributed by atoms with van der Waals surface area (Å²) in [4.78, 5) is 12.2. The molecule has 0 aromatic carbocycles. The number of rotatable bonds is 4. The SMILES string of the molecule is CC(C)(C)CC(=O)N[C@@H]1[C@@H](O)CO[C@@H]1Cn1cc(C(C)(C)C)nn1. The van der Waals surface area contributed by atoms with E-state index in [1.807, 2.05) is 27.0 Å². The third kappa shape index (κ3) is 5.01. The van der Waals surface area contributed by atoms with Gasteiger partial charge in [0.15, 0.2) is 0 Å². The highest BCUT2D eigenvalue weighted by Gasteiger charge is 2.38. The van der Waals surface area contributed by atoms with Crippen LogP contribution in [0.15, 0.2) is 6.20 Å². The van der Waals surface area contributed by atoms with Gasteiger partial charge in [-0.2, -0.15) is 0 Å². The number of hydrogen-bond donors (Lipinski definition) is 2. The van der Waals surface area contributed by atoms with Crippen molar-refractivity contribution in [3.63, 3.8) is 0 Å². The zero-order valence-electron chi connectivity index (χ0n) is 15.5. The van der Waals surface area contributed by atoms with E-state index in [0.29, 0.717) is 13.0 Å². The molecule has 1 aromatic heterocycles. The molecule has 3 atom stereocenters. The molecule has 136 valence electrons. The third-order valence-corrected chi connectivity index (χ3v) is 3.99. The molecule has 7 heteroatoms. The summed E-state index contributed by atoms with van der Waals surface area (Å²) in [6.45, 7) is 12.9. The van der Waals surface area contributed by atoms with Crippen LogP contribution >= 0.6 is 0 Å². The minimum Gasteiger partial charge on any atom is -0.388 e. The summed E-state index contributed by atoms with van der Waals surface area (Å²) in [6.07, 6.45) is 1.27. The highest BCUT2D eigenvalue weighted by Crippen LogP contribution is 2.22. The van der Waals surface area contributed by atoms with Crippen molar-refractivity contribution < 1.29 is 14.6 Å². The first-order chi connectivity index (χ1) is 11.0. The summed E-state index contributed by atoms with van der Waals surface area (Å²) in [7, 11) is 0. The molecule has 0 spiro atoms. The van der Waals surface area contributed by atoms with Gasteiger partial charge in [0.1, 0.15) is 6.10 Å². The molecule has 24 heavy (non-hydrogen) atoms. The normalized spacial score (nSPS) is 25.0. The van der Waals surface area contributed by atoms with Gasteiger partial charge >= 0.3 is 0 Å². The van der Waals surface area contributed by atoms with Crippen LogP contribution < -0.4 is 5.32 Å². The zero-order valence-corrected chi connectivity index (χ0v) is 15.5. The lowest BCUT2D eigenvalue weighted by atomic mass is 9.91. The maximum atomic E-state index is 12.2. The number of aliphatic hydroxyl groups excluding tert-OH is 1. The smallest absolute Gasteiger partial charge is 0.220 e. The van der Waals surface area contributed by atoms with Gasteiger partial charge in [0.25, 0.3) is 0 Å². The molecule has 0 bridgehead atoms. The summed E-state index contributed by atoms with van der Waals surface area (Å²) < 4.78 is 7.37. The molecule has 1 saturated heterocycles. The molecule has 2 rings (SSSR count). The molecule has 1 aromatic rings. The van der Waals surface area contributed by atoms with Crippen LogP contribution in [0, 0.1) is 5.41 Å². The van der Waals surface area contributed by atoms with Gasteiger partial charge < -0.3 is 15.2 Å². The lowest BCUT2D eigenvalue weighted by Crippen LogP contribution is -2.48. The molecule has 0 aliphatic carbocycles. The van der Waals surface area contributed by atoms with Crippen molar-refractivity contribution in [2.24, 2.45) is 5.41 Å². The molecular weight excluding hydrogens is 308 g/mol. The Balaban J connectivity index is 2.01. The fourth-order valence-electron chi connectivity index (χ4n) is 2.67. The van der Waals surface area contributed by atoms with Gasteiger partial charge in [0, 0.05) is 18.0 Å². The Kier molecular flexibility index (Phi) is 5.34. The van der Waals surface area contributed by atoms with Crippen LogP contribution in [0.4, 0.5) is 0 Å². The van der Waals surface area contributed by atoms with E-state index >= 15 is 0 Å². The van der Waals surface area contributed by atoms with Crippen LogP contribution in [0.1, 0.15) is 53.7 Å². The molecule has 0 saturated carbocycles. The number of aliphatic hydroxyl groups is 1. The van der Waals surface area contributed by atoms with Gasteiger partial charge in [-0.05, 0) is 5.41 Å². The molecule has 1 aliphatic rings. The summed E-state index contributed by atoms with van der Waals surface area (Å²) >= 11 is 0. The van der Waals surface area contributed by atoms with Gasteiger partial charge in [-0.15, -0.1) is 5.10 Å². The quantitative estimate of drug-likeness (QED) is 0.863. The van der Waals surface area contributed by atoms with Crippen molar-refractivity contribution in [1.29, 1.82) is 0 Å². The number of amides is 1. The molecule has 7 nitrogen and oxygen atoms in total. The fraction of sp³-hybridized carbons (Fsp3) is 0.824. The number of aromatic nitrogens is 3. The van der Waals surface area contributed by atoms with Crippen molar-refractivity contribution in [2.45, 2.75) is 78.2 Å². The highest BCUT2D eigenvalue weighted by molar-refractivity contribution is 5.77. The fourth-order valence-corrected chi connectivity index (χ4v) is 2.67. The maximum Gasteiger partial charge on any atom is 0.220 e. The predicted molar refractivity (Wildman–Crippen MR) is 90.5 cm³/mol. The standard InChI is InChI=1S/C17H30N4O3/c1-16(2,3)7-14(23)18-15-11(22)10-24-12(15)8-21-9-13(19-20-21)17(4,5)6/h9,11-12,15,22H,7-8,10H2,1-6H3,(H,18,23)/t11-,12+,15+/m0/s1. The maximum absolute atomic E-state index is 12.2. The summed E-state index contributed by atoms with van der Waals surface area (Å²) in [5.41, 5.74) is 0.723. The number of hydrogen-bond acceptors (Lipinski definition) is 5. The van der Waals surface area contributed by atoms with Crippen molar-refractivity contribution in [1.82, 2.24) is 20.3 Å². The van der Waals surface area contributed by atoms with Gasteiger partial charge in [0.05, 0.1) is 31.0 Å². The average molecular weight is 338 g/mol. The van der Waals surface area contributed by atoms with Crippen LogP contribution in [0.5, 0.6) is 0 Å². The summed E-state index contributed by atoms with van der Waals surface area (Å²) in [5.74, 6) is -0.0731. The van der Waals surface area contributed by atoms with Crippen LogP contribution in [0.3, 0.4) is 0 Å². The molecule has 2 N–H and O–H groups in total. The summed E-state index contributed by atoms with van der Waals surface area (Å²) in [6, 6.07) is -0.429. The second-order valence-electron chi connectivity index (χ2n) is 8.85. The Morgan fingerprint density at radius 2 is 2.04 bits per heavy atom. The number of nitrogens with zero attached hydrogens (tertiary/aromatic N) is 3. The van der Waals surface area contributed by atoms with Crippen molar-refractivity contribution >= 4 is 5.91 Å². The van der Waals surface area contributed by atoms with E-state index < -0.39 is 12.1 Å². The molecule has 0 unspecified atom stereocenters. The number of nitrogens with one attached hydrogen (secondary N) is 1. The average Bonchev–Trinajstić information content (AvgIpc) is 2.98. The Hall–Kier alpha value is -1.47. The van der Waals surface area contributed by atoms with E-state index in [0.717, 1.165) is 5.69 Å². The number of ether oxygens (including phenoxy) is 1. The first kappa shape index (κ1) is 18.9. The Morgan fingerprint density at radius 1 is 1.38 bits per heavy atom. The number of carbonyl (C=O) groups is 1. The van der Waals surface area contributed by atoms with Gasteiger partial charge in [-0.3, -0.25) is 4.79 Å². The zero-order chi connectivity index (χ0) is 18.1. The minimum absolute atomic E-state index is 0.0731. The van der Waals surface area contributed by atoms with Gasteiger partial charge in [-0.1, -0.05) is 46.8 Å². The van der Waals surface area contributed by atoms with Crippen LogP contribution in [0.25, 0.3) is 0 Å². The topological polar surface area (TPSA) is 89.3 Å². The molecule has 1 fully saturated rings. The van der Waals surface area contributed by atoms with Crippen LogP contribution in [0.2, 0.25) is 0 Å².